The van der Waals surface area contributed by atoms with E-state index in [1.165, 1.54) is 4.31 Å². The van der Waals surface area contributed by atoms with Gasteiger partial charge in [0.25, 0.3) is 10.0 Å². The highest BCUT2D eigenvalue weighted by Gasteiger charge is 2.26. The van der Waals surface area contributed by atoms with Gasteiger partial charge in [-0.05, 0) is 43.7 Å². The molecule has 7 heteroatoms. The average Bonchev–Trinajstić information content (AvgIpc) is 2.71. The number of halogens is 1. The topological polar surface area (TPSA) is 63.4 Å². The standard InChI is InChI=1S/C13H15ClN2O2S2/c1-3-16(11-6-4-5-10(15)8-11)20(17,18)12-7-9(2)13(14)19-12/h4-8H,3,15H2,1-2H3. The van der Waals surface area contributed by atoms with Crippen LogP contribution in [0.3, 0.4) is 0 Å². The van der Waals surface area contributed by atoms with E-state index in [4.69, 9.17) is 17.3 Å². The molecule has 1 heterocycles. The molecule has 0 bridgehead atoms. The smallest absolute Gasteiger partial charge is 0.273 e. The minimum Gasteiger partial charge on any atom is -0.399 e. The molecule has 0 atom stereocenters. The highest BCUT2D eigenvalue weighted by Crippen LogP contribution is 2.33. The second kappa shape index (κ2) is 5.63. The summed E-state index contributed by atoms with van der Waals surface area (Å²) in [5.74, 6) is 0. The molecule has 0 amide bonds. The van der Waals surface area contributed by atoms with E-state index in [1.807, 2.05) is 0 Å². The van der Waals surface area contributed by atoms with Crippen LogP contribution in [0.5, 0.6) is 0 Å². The Kier molecular flexibility index (Phi) is 4.27. The number of nitrogens with zero attached hydrogens (tertiary/aromatic N) is 1. The largest absolute Gasteiger partial charge is 0.399 e. The molecule has 0 saturated heterocycles. The van der Waals surface area contributed by atoms with Crippen molar-refractivity contribution in [3.8, 4) is 0 Å². The first-order valence-corrected chi connectivity index (χ1v) is 8.64. The SMILES string of the molecule is CCN(c1cccc(N)c1)S(=O)(=O)c1cc(C)c(Cl)s1. The summed E-state index contributed by atoms with van der Waals surface area (Å²) in [5.41, 5.74) is 7.56. The predicted molar refractivity (Wildman–Crippen MR) is 85.1 cm³/mol. The van der Waals surface area contributed by atoms with Gasteiger partial charge in [-0.2, -0.15) is 0 Å². The molecule has 0 fully saturated rings. The number of sulfonamides is 1. The van der Waals surface area contributed by atoms with Crippen molar-refractivity contribution in [2.45, 2.75) is 18.1 Å². The first kappa shape index (κ1) is 15.2. The summed E-state index contributed by atoms with van der Waals surface area (Å²) in [7, 11) is -3.61. The van der Waals surface area contributed by atoms with Crippen molar-refractivity contribution in [3.63, 3.8) is 0 Å². The number of nitrogen functional groups attached to an aromatic ring is 1. The van der Waals surface area contributed by atoms with E-state index in [0.29, 0.717) is 22.3 Å². The lowest BCUT2D eigenvalue weighted by Gasteiger charge is -2.22. The lowest BCUT2D eigenvalue weighted by Crippen LogP contribution is -2.30. The molecular weight excluding hydrogens is 316 g/mol. The minimum absolute atomic E-state index is 0.240. The molecular formula is C13H15ClN2O2S2. The van der Waals surface area contributed by atoms with Crippen molar-refractivity contribution < 1.29 is 8.42 Å². The van der Waals surface area contributed by atoms with Crippen molar-refractivity contribution in [2.75, 3.05) is 16.6 Å². The van der Waals surface area contributed by atoms with Gasteiger partial charge < -0.3 is 5.73 Å². The van der Waals surface area contributed by atoms with Crippen molar-refractivity contribution in [1.29, 1.82) is 0 Å². The quantitative estimate of drug-likeness (QED) is 0.872. The normalized spacial score (nSPS) is 11.6. The van der Waals surface area contributed by atoms with Crippen LogP contribution in [0.15, 0.2) is 34.5 Å². The van der Waals surface area contributed by atoms with E-state index < -0.39 is 10.0 Å². The Morgan fingerprint density at radius 2 is 2.05 bits per heavy atom. The van der Waals surface area contributed by atoms with E-state index in [-0.39, 0.29) is 4.21 Å². The third-order valence-electron chi connectivity index (χ3n) is 2.82. The number of nitrogens with two attached hydrogens (primary N) is 1. The molecule has 0 unspecified atom stereocenters. The van der Waals surface area contributed by atoms with Crippen LogP contribution in [-0.4, -0.2) is 15.0 Å². The average molecular weight is 331 g/mol. The molecule has 0 spiro atoms. The molecule has 2 N–H and O–H groups in total. The highest BCUT2D eigenvalue weighted by atomic mass is 35.5. The summed E-state index contributed by atoms with van der Waals surface area (Å²) < 4.78 is 27.4. The Balaban J connectivity index is 2.50. The van der Waals surface area contributed by atoms with Crippen LogP contribution in [0.4, 0.5) is 11.4 Å². The summed E-state index contributed by atoms with van der Waals surface area (Å²) in [6.07, 6.45) is 0. The molecule has 2 aromatic rings. The summed E-state index contributed by atoms with van der Waals surface area (Å²) in [5, 5.41) is 0. The van der Waals surface area contributed by atoms with Crippen molar-refractivity contribution in [2.24, 2.45) is 0 Å². The summed E-state index contributed by atoms with van der Waals surface area (Å²) in [4.78, 5) is 0. The Hall–Kier alpha value is -1.24. The van der Waals surface area contributed by atoms with Crippen molar-refractivity contribution >= 4 is 44.3 Å². The second-order valence-electron chi connectivity index (χ2n) is 4.29. The van der Waals surface area contributed by atoms with E-state index in [0.717, 1.165) is 16.9 Å². The Bertz CT molecular complexity index is 706. The molecule has 1 aromatic heterocycles. The number of hydrogen-bond donors (Lipinski definition) is 1. The zero-order chi connectivity index (χ0) is 14.9. The first-order chi connectivity index (χ1) is 9.36. The van der Waals surface area contributed by atoms with Crippen LogP contribution in [0.25, 0.3) is 0 Å². The van der Waals surface area contributed by atoms with E-state index >= 15 is 0 Å². The number of anilines is 2. The molecule has 0 radical (unpaired) electrons. The van der Waals surface area contributed by atoms with Gasteiger partial charge in [-0.1, -0.05) is 17.7 Å². The number of hydrogen-bond acceptors (Lipinski definition) is 4. The van der Waals surface area contributed by atoms with E-state index in [9.17, 15) is 8.42 Å². The third-order valence-corrected chi connectivity index (χ3v) is 6.73. The minimum atomic E-state index is -3.61. The van der Waals surface area contributed by atoms with Gasteiger partial charge in [0.2, 0.25) is 0 Å². The predicted octanol–water partition coefficient (Wildman–Crippen LogP) is 3.51. The second-order valence-corrected chi connectivity index (χ2v) is 8.03. The monoisotopic (exact) mass is 330 g/mol. The summed E-state index contributed by atoms with van der Waals surface area (Å²) >= 11 is 7.04. The van der Waals surface area contributed by atoms with Gasteiger partial charge in [0.05, 0.1) is 10.0 Å². The molecule has 2 rings (SSSR count). The van der Waals surface area contributed by atoms with Crippen molar-refractivity contribution in [1.82, 2.24) is 0 Å². The Morgan fingerprint density at radius 3 is 2.55 bits per heavy atom. The molecule has 0 aliphatic carbocycles. The molecule has 20 heavy (non-hydrogen) atoms. The van der Waals surface area contributed by atoms with E-state index in [1.54, 1.807) is 44.2 Å². The van der Waals surface area contributed by atoms with Gasteiger partial charge in [-0.25, -0.2) is 8.42 Å². The van der Waals surface area contributed by atoms with Crippen LogP contribution >= 0.6 is 22.9 Å². The third kappa shape index (κ3) is 2.77. The van der Waals surface area contributed by atoms with Crippen LogP contribution in [0.2, 0.25) is 4.34 Å². The fraction of sp³-hybridized carbons (Fsp3) is 0.231. The number of aryl methyl sites for hydroxylation is 1. The highest BCUT2D eigenvalue weighted by molar-refractivity contribution is 7.94. The zero-order valence-corrected chi connectivity index (χ0v) is 13.5. The summed E-state index contributed by atoms with van der Waals surface area (Å²) in [6, 6.07) is 8.41. The van der Waals surface area contributed by atoms with Gasteiger partial charge in [0.1, 0.15) is 4.21 Å². The molecule has 0 aliphatic heterocycles. The number of rotatable bonds is 4. The van der Waals surface area contributed by atoms with Crippen LogP contribution in [-0.2, 0) is 10.0 Å². The molecule has 4 nitrogen and oxygen atoms in total. The Morgan fingerprint density at radius 1 is 1.35 bits per heavy atom. The van der Waals surface area contributed by atoms with Crippen LogP contribution in [0.1, 0.15) is 12.5 Å². The number of thiophene rings is 1. The maximum absolute atomic E-state index is 12.7. The van der Waals surface area contributed by atoms with Crippen molar-refractivity contribution in [3.05, 3.63) is 40.2 Å². The van der Waals surface area contributed by atoms with Gasteiger partial charge in [0.15, 0.2) is 0 Å². The maximum Gasteiger partial charge on any atom is 0.273 e. The van der Waals surface area contributed by atoms with Gasteiger partial charge >= 0.3 is 0 Å². The fourth-order valence-electron chi connectivity index (χ4n) is 1.84. The Labute approximate surface area is 127 Å². The maximum atomic E-state index is 12.7. The van der Waals surface area contributed by atoms with Gasteiger partial charge in [-0.3, -0.25) is 4.31 Å². The fourth-order valence-corrected chi connectivity index (χ4v) is 5.13. The van der Waals surface area contributed by atoms with Gasteiger partial charge in [0, 0.05) is 12.2 Å². The number of benzene rings is 1. The molecule has 0 saturated carbocycles. The van der Waals surface area contributed by atoms with Gasteiger partial charge in [-0.15, -0.1) is 11.3 Å². The molecule has 0 aliphatic rings. The van der Waals surface area contributed by atoms with Crippen LogP contribution in [0, 0.1) is 6.92 Å². The first-order valence-electron chi connectivity index (χ1n) is 6.00. The molecule has 108 valence electrons. The summed E-state index contributed by atoms with van der Waals surface area (Å²) in [6.45, 7) is 3.89. The molecule has 1 aromatic carbocycles. The zero-order valence-electron chi connectivity index (χ0n) is 11.1. The van der Waals surface area contributed by atoms with E-state index in [2.05, 4.69) is 0 Å². The lowest BCUT2D eigenvalue weighted by atomic mass is 10.3. The van der Waals surface area contributed by atoms with Crippen LogP contribution < -0.4 is 10.0 Å². The lowest BCUT2D eigenvalue weighted by molar-refractivity contribution is 0.594.